The van der Waals surface area contributed by atoms with E-state index in [1.54, 1.807) is 0 Å². The molecule has 0 bridgehead atoms. The minimum atomic E-state index is -0.623. The molecule has 0 amide bonds. The molecule has 0 aromatic heterocycles. The molecular formula is C13H17N3O4. The highest BCUT2D eigenvalue weighted by atomic mass is 16.6. The van der Waals surface area contributed by atoms with Crippen LogP contribution in [0.5, 0.6) is 0 Å². The number of nitrogens with one attached hydrogen (secondary N) is 1. The predicted octanol–water partition coefficient (Wildman–Crippen LogP) is 2.78. The maximum absolute atomic E-state index is 11.0. The highest BCUT2D eigenvalue weighted by Crippen LogP contribution is 2.35. The number of nitro groups is 2. The van der Waals surface area contributed by atoms with Gasteiger partial charge in [-0.25, -0.2) is 0 Å². The van der Waals surface area contributed by atoms with Crippen LogP contribution in [0.3, 0.4) is 0 Å². The third-order valence-electron chi connectivity index (χ3n) is 3.61. The fraction of sp³-hybridized carbons (Fsp3) is 0.538. The van der Waals surface area contributed by atoms with Gasteiger partial charge < -0.3 is 5.32 Å². The van der Waals surface area contributed by atoms with Gasteiger partial charge in [-0.1, -0.05) is 13.3 Å². The molecule has 2 unspecified atom stereocenters. The Labute approximate surface area is 116 Å². The quantitative estimate of drug-likeness (QED) is 0.611. The SMILES string of the molecule is CCCC1CC1NCc1ccc([N+](=O)[O-])cc1[N+](=O)[O-]. The van der Waals surface area contributed by atoms with E-state index in [1.165, 1.54) is 18.6 Å². The lowest BCUT2D eigenvalue weighted by atomic mass is 10.1. The molecule has 0 aliphatic heterocycles. The van der Waals surface area contributed by atoms with Crippen molar-refractivity contribution in [3.63, 3.8) is 0 Å². The van der Waals surface area contributed by atoms with Crippen LogP contribution >= 0.6 is 0 Å². The van der Waals surface area contributed by atoms with E-state index in [4.69, 9.17) is 0 Å². The molecule has 2 rings (SSSR count). The molecule has 1 saturated carbocycles. The van der Waals surface area contributed by atoms with Gasteiger partial charge in [0, 0.05) is 24.2 Å². The van der Waals surface area contributed by atoms with Crippen molar-refractivity contribution in [3.05, 3.63) is 44.0 Å². The average Bonchev–Trinajstić information content (AvgIpc) is 3.14. The van der Waals surface area contributed by atoms with Crippen LogP contribution in [0.25, 0.3) is 0 Å². The molecule has 20 heavy (non-hydrogen) atoms. The number of hydrogen-bond donors (Lipinski definition) is 1. The van der Waals surface area contributed by atoms with Crippen molar-refractivity contribution in [1.82, 2.24) is 5.32 Å². The lowest BCUT2D eigenvalue weighted by Gasteiger charge is -2.05. The van der Waals surface area contributed by atoms with E-state index in [-0.39, 0.29) is 11.4 Å². The summed E-state index contributed by atoms with van der Waals surface area (Å²) in [7, 11) is 0. The standard InChI is InChI=1S/C13H17N3O4/c1-2-3-9-6-12(9)14-8-10-4-5-11(15(17)18)7-13(10)16(19)20/h4-5,7,9,12,14H,2-3,6,8H2,1H3. The molecule has 1 N–H and O–H groups in total. The molecule has 7 nitrogen and oxygen atoms in total. The second-order valence-electron chi connectivity index (χ2n) is 5.10. The lowest BCUT2D eigenvalue weighted by molar-refractivity contribution is -0.394. The zero-order chi connectivity index (χ0) is 14.7. The van der Waals surface area contributed by atoms with Crippen molar-refractivity contribution < 1.29 is 9.85 Å². The molecule has 1 aliphatic carbocycles. The molecule has 1 aromatic carbocycles. The molecular weight excluding hydrogens is 262 g/mol. The number of rotatable bonds is 7. The Morgan fingerprint density at radius 1 is 1.30 bits per heavy atom. The summed E-state index contributed by atoms with van der Waals surface area (Å²) in [4.78, 5) is 20.4. The largest absolute Gasteiger partial charge is 0.309 e. The fourth-order valence-electron chi connectivity index (χ4n) is 2.41. The van der Waals surface area contributed by atoms with Crippen molar-refractivity contribution in [2.45, 2.75) is 38.8 Å². The van der Waals surface area contributed by atoms with E-state index in [9.17, 15) is 20.2 Å². The minimum absolute atomic E-state index is 0.195. The second-order valence-corrected chi connectivity index (χ2v) is 5.10. The van der Waals surface area contributed by atoms with Gasteiger partial charge in [0.1, 0.15) is 0 Å². The monoisotopic (exact) mass is 279 g/mol. The highest BCUT2D eigenvalue weighted by molar-refractivity contribution is 5.49. The second kappa shape index (κ2) is 5.96. The fourth-order valence-corrected chi connectivity index (χ4v) is 2.41. The lowest BCUT2D eigenvalue weighted by Crippen LogP contribution is -2.18. The molecule has 108 valence electrons. The Morgan fingerprint density at radius 3 is 2.65 bits per heavy atom. The number of nitrogens with zero attached hydrogens (tertiary/aromatic N) is 2. The van der Waals surface area contributed by atoms with Gasteiger partial charge in [0.05, 0.1) is 15.9 Å². The van der Waals surface area contributed by atoms with Crippen molar-refractivity contribution in [2.24, 2.45) is 5.92 Å². The molecule has 0 saturated heterocycles. The van der Waals surface area contributed by atoms with E-state index in [0.717, 1.165) is 18.9 Å². The van der Waals surface area contributed by atoms with Gasteiger partial charge in [0.25, 0.3) is 11.4 Å². The van der Waals surface area contributed by atoms with E-state index in [2.05, 4.69) is 12.2 Å². The van der Waals surface area contributed by atoms with Crippen molar-refractivity contribution >= 4 is 11.4 Å². The average molecular weight is 279 g/mol. The van der Waals surface area contributed by atoms with Crippen LogP contribution in [0.1, 0.15) is 31.7 Å². The first-order chi connectivity index (χ1) is 9.52. The zero-order valence-corrected chi connectivity index (χ0v) is 11.2. The molecule has 0 heterocycles. The number of non-ortho nitro benzene ring substituents is 1. The molecule has 7 heteroatoms. The molecule has 1 aromatic rings. The van der Waals surface area contributed by atoms with Crippen LogP contribution in [0.2, 0.25) is 0 Å². The first-order valence-electron chi connectivity index (χ1n) is 6.68. The number of nitro benzene ring substituents is 2. The minimum Gasteiger partial charge on any atom is -0.309 e. The van der Waals surface area contributed by atoms with Crippen LogP contribution in [-0.4, -0.2) is 15.9 Å². The smallest absolute Gasteiger partial charge is 0.280 e. The van der Waals surface area contributed by atoms with Gasteiger partial charge in [-0.05, 0) is 24.8 Å². The third-order valence-corrected chi connectivity index (χ3v) is 3.61. The maximum atomic E-state index is 11.0. The van der Waals surface area contributed by atoms with Gasteiger partial charge in [0.15, 0.2) is 0 Å². The first kappa shape index (κ1) is 14.4. The Morgan fingerprint density at radius 2 is 2.05 bits per heavy atom. The van der Waals surface area contributed by atoms with Gasteiger partial charge in [-0.2, -0.15) is 0 Å². The zero-order valence-electron chi connectivity index (χ0n) is 11.2. The molecule has 2 atom stereocenters. The summed E-state index contributed by atoms with van der Waals surface area (Å²) in [6, 6.07) is 4.21. The summed E-state index contributed by atoms with van der Waals surface area (Å²) in [5.74, 6) is 0.664. The van der Waals surface area contributed by atoms with E-state index in [1.807, 2.05) is 0 Å². The normalized spacial score (nSPS) is 20.6. The van der Waals surface area contributed by atoms with Gasteiger partial charge in [-0.3, -0.25) is 20.2 Å². The maximum Gasteiger partial charge on any atom is 0.280 e. The summed E-state index contributed by atoms with van der Waals surface area (Å²) < 4.78 is 0. The molecule has 1 aliphatic rings. The van der Waals surface area contributed by atoms with Crippen molar-refractivity contribution in [1.29, 1.82) is 0 Å². The van der Waals surface area contributed by atoms with Crippen molar-refractivity contribution in [2.75, 3.05) is 0 Å². The van der Waals surface area contributed by atoms with Crippen LogP contribution in [0, 0.1) is 26.1 Å². The first-order valence-corrected chi connectivity index (χ1v) is 6.68. The Hall–Kier alpha value is -2.02. The van der Waals surface area contributed by atoms with E-state index < -0.39 is 9.85 Å². The van der Waals surface area contributed by atoms with Crippen molar-refractivity contribution in [3.8, 4) is 0 Å². The van der Waals surface area contributed by atoms with Crippen LogP contribution in [-0.2, 0) is 6.54 Å². The van der Waals surface area contributed by atoms with Crippen LogP contribution in [0.15, 0.2) is 18.2 Å². The Bertz CT molecular complexity index is 532. The Kier molecular flexibility index (Phi) is 4.29. The van der Waals surface area contributed by atoms with Gasteiger partial charge >= 0.3 is 0 Å². The van der Waals surface area contributed by atoms with Gasteiger partial charge in [0.2, 0.25) is 0 Å². The predicted molar refractivity (Wildman–Crippen MR) is 73.4 cm³/mol. The highest BCUT2D eigenvalue weighted by Gasteiger charge is 2.35. The third kappa shape index (κ3) is 3.30. The summed E-state index contributed by atoms with van der Waals surface area (Å²) in [5, 5.41) is 24.9. The van der Waals surface area contributed by atoms with Gasteiger partial charge in [-0.15, -0.1) is 0 Å². The Balaban J connectivity index is 2.04. The molecule has 0 radical (unpaired) electrons. The molecule has 0 spiro atoms. The van der Waals surface area contributed by atoms with Crippen LogP contribution < -0.4 is 5.32 Å². The summed E-state index contributed by atoms with van der Waals surface area (Å²) in [5.41, 5.74) is 0.0397. The van der Waals surface area contributed by atoms with E-state index >= 15 is 0 Å². The van der Waals surface area contributed by atoms with E-state index in [0.29, 0.717) is 24.1 Å². The number of benzene rings is 1. The summed E-state index contributed by atoms with van der Waals surface area (Å²) >= 11 is 0. The summed E-state index contributed by atoms with van der Waals surface area (Å²) in [6.45, 7) is 2.51. The topological polar surface area (TPSA) is 98.3 Å². The summed E-state index contributed by atoms with van der Waals surface area (Å²) in [6.07, 6.45) is 3.41. The number of hydrogen-bond acceptors (Lipinski definition) is 5. The molecule has 1 fully saturated rings. The van der Waals surface area contributed by atoms with Crippen LogP contribution in [0.4, 0.5) is 11.4 Å².